The third-order valence-corrected chi connectivity index (χ3v) is 4.15. The summed E-state index contributed by atoms with van der Waals surface area (Å²) in [5.41, 5.74) is -0.0770. The Balaban J connectivity index is 0.000000880. The zero-order valence-electron chi connectivity index (χ0n) is 14.1. The summed E-state index contributed by atoms with van der Waals surface area (Å²) in [4.78, 5) is 23.6. The van der Waals surface area contributed by atoms with Crippen molar-refractivity contribution >= 4 is 16.9 Å². The Morgan fingerprint density at radius 1 is 1.20 bits per heavy atom. The highest BCUT2D eigenvalue weighted by atomic mass is 19.1. The predicted octanol–water partition coefficient (Wildman–Crippen LogP) is 3.99. The van der Waals surface area contributed by atoms with Gasteiger partial charge in [-0.3, -0.25) is 4.79 Å². The van der Waals surface area contributed by atoms with Gasteiger partial charge in [0.1, 0.15) is 11.4 Å². The highest BCUT2D eigenvalue weighted by molar-refractivity contribution is 5.93. The molecule has 0 atom stereocenters. The van der Waals surface area contributed by atoms with Gasteiger partial charge in [0.15, 0.2) is 0 Å². The summed E-state index contributed by atoms with van der Waals surface area (Å²) in [5, 5.41) is 9.32. The number of aromatic nitrogens is 2. The van der Waals surface area contributed by atoms with E-state index < -0.39 is 17.2 Å². The van der Waals surface area contributed by atoms with Crippen molar-refractivity contribution in [2.45, 2.75) is 32.7 Å². The van der Waals surface area contributed by atoms with E-state index >= 15 is 0 Å². The van der Waals surface area contributed by atoms with Crippen LogP contribution in [0.1, 0.15) is 43.1 Å². The lowest BCUT2D eigenvalue weighted by Crippen LogP contribution is -2.19. The molecule has 2 aromatic heterocycles. The quantitative estimate of drug-likeness (QED) is 0.783. The number of benzene rings is 1. The standard InChI is InChI=1S/C17H13FN2O3.C2H6/c18-13-7-11-14(8-15(13)19-5-1-2-6-19)20(10-3-4-10)9-12(16(11)21)17(22)23;1-2/h1-2,5-10H,3-4H2,(H,22,23);1-2H3. The Morgan fingerprint density at radius 2 is 1.84 bits per heavy atom. The topological polar surface area (TPSA) is 64.2 Å². The first-order valence-corrected chi connectivity index (χ1v) is 8.31. The summed E-state index contributed by atoms with van der Waals surface area (Å²) in [5.74, 6) is -1.85. The van der Waals surface area contributed by atoms with E-state index in [1.54, 1.807) is 39.7 Å². The molecular weight excluding hydrogens is 323 g/mol. The number of hydrogen-bond acceptors (Lipinski definition) is 2. The summed E-state index contributed by atoms with van der Waals surface area (Å²) in [6, 6.07) is 6.48. The molecule has 0 saturated heterocycles. The molecule has 6 heteroatoms. The van der Waals surface area contributed by atoms with Crippen molar-refractivity contribution < 1.29 is 14.3 Å². The third kappa shape index (κ3) is 2.95. The van der Waals surface area contributed by atoms with Gasteiger partial charge in [-0.25, -0.2) is 9.18 Å². The number of carboxylic acids is 1. The zero-order chi connectivity index (χ0) is 18.1. The number of carboxylic acid groups (broad SMARTS) is 1. The maximum atomic E-state index is 14.4. The lowest BCUT2D eigenvalue weighted by Gasteiger charge is -2.14. The Bertz CT molecular complexity index is 986. The molecule has 130 valence electrons. The van der Waals surface area contributed by atoms with Crippen molar-refractivity contribution in [1.29, 1.82) is 0 Å². The number of halogens is 1. The van der Waals surface area contributed by atoms with Gasteiger partial charge in [-0.05, 0) is 37.1 Å². The van der Waals surface area contributed by atoms with Gasteiger partial charge < -0.3 is 14.2 Å². The molecular formula is C19H19FN2O3. The average molecular weight is 342 g/mol. The van der Waals surface area contributed by atoms with Gasteiger partial charge in [-0.2, -0.15) is 0 Å². The number of pyridine rings is 1. The molecule has 1 saturated carbocycles. The van der Waals surface area contributed by atoms with Crippen molar-refractivity contribution in [3.8, 4) is 5.69 Å². The molecule has 0 bridgehead atoms. The van der Waals surface area contributed by atoms with Gasteiger partial charge >= 0.3 is 5.97 Å². The Labute approximate surface area is 143 Å². The van der Waals surface area contributed by atoms with E-state index in [1.807, 2.05) is 13.8 Å². The molecule has 1 aliphatic rings. The number of nitrogens with zero attached hydrogens (tertiary/aromatic N) is 2. The van der Waals surface area contributed by atoms with Crippen LogP contribution in [-0.4, -0.2) is 20.2 Å². The van der Waals surface area contributed by atoms with Crippen LogP contribution in [0.3, 0.4) is 0 Å². The van der Waals surface area contributed by atoms with E-state index in [0.29, 0.717) is 11.2 Å². The van der Waals surface area contributed by atoms with Gasteiger partial charge in [0.25, 0.3) is 0 Å². The Hall–Kier alpha value is -2.89. The predicted molar refractivity (Wildman–Crippen MR) is 94.1 cm³/mol. The van der Waals surface area contributed by atoms with E-state index in [2.05, 4.69) is 0 Å². The molecule has 3 aromatic rings. The second kappa shape index (κ2) is 6.55. The smallest absolute Gasteiger partial charge is 0.341 e. The molecule has 0 amide bonds. The van der Waals surface area contributed by atoms with Crippen LogP contribution in [0.5, 0.6) is 0 Å². The maximum absolute atomic E-state index is 14.4. The molecule has 1 aromatic carbocycles. The second-order valence-electron chi connectivity index (χ2n) is 5.73. The van der Waals surface area contributed by atoms with Gasteiger partial charge in [-0.15, -0.1) is 0 Å². The highest BCUT2D eigenvalue weighted by Crippen LogP contribution is 2.37. The molecule has 25 heavy (non-hydrogen) atoms. The van der Waals surface area contributed by atoms with Crippen molar-refractivity contribution in [3.63, 3.8) is 0 Å². The van der Waals surface area contributed by atoms with E-state index in [1.165, 1.54) is 6.20 Å². The Kier molecular flexibility index (Phi) is 4.44. The largest absolute Gasteiger partial charge is 0.477 e. The molecule has 1 N–H and O–H groups in total. The second-order valence-corrected chi connectivity index (χ2v) is 5.73. The van der Waals surface area contributed by atoms with Crippen LogP contribution < -0.4 is 5.43 Å². The summed E-state index contributed by atoms with van der Waals surface area (Å²) in [6.07, 6.45) is 6.66. The maximum Gasteiger partial charge on any atom is 0.341 e. The number of rotatable bonds is 3. The molecule has 0 aliphatic heterocycles. The molecule has 1 fully saturated rings. The minimum atomic E-state index is -1.29. The first-order chi connectivity index (χ1) is 12.1. The van der Waals surface area contributed by atoms with Crippen molar-refractivity contribution in [2.24, 2.45) is 0 Å². The minimum absolute atomic E-state index is 0.102. The third-order valence-electron chi connectivity index (χ3n) is 4.15. The van der Waals surface area contributed by atoms with Crippen molar-refractivity contribution in [3.05, 3.63) is 64.5 Å². The monoisotopic (exact) mass is 342 g/mol. The van der Waals surface area contributed by atoms with Gasteiger partial charge in [0, 0.05) is 30.0 Å². The van der Waals surface area contributed by atoms with Crippen LogP contribution in [0.2, 0.25) is 0 Å². The first kappa shape index (κ1) is 17.0. The normalized spacial score (nSPS) is 13.4. The van der Waals surface area contributed by atoms with Gasteiger partial charge in [0.2, 0.25) is 5.43 Å². The molecule has 5 nitrogen and oxygen atoms in total. The molecule has 1 aliphatic carbocycles. The lowest BCUT2D eigenvalue weighted by molar-refractivity contribution is 0.0695. The van der Waals surface area contributed by atoms with Crippen LogP contribution in [0.4, 0.5) is 4.39 Å². The highest BCUT2D eigenvalue weighted by Gasteiger charge is 2.27. The molecule has 4 rings (SSSR count). The first-order valence-electron chi connectivity index (χ1n) is 8.31. The average Bonchev–Trinajstić information content (AvgIpc) is 3.30. The SMILES string of the molecule is CC.O=C(O)c1cn(C2CC2)c2cc(-n3cccc3)c(F)cc2c1=O. The molecule has 0 unspecified atom stereocenters. The number of fused-ring (bicyclic) bond motifs is 1. The zero-order valence-corrected chi connectivity index (χ0v) is 14.1. The van der Waals surface area contributed by atoms with Crippen LogP contribution in [0, 0.1) is 5.82 Å². The number of hydrogen-bond donors (Lipinski definition) is 1. The number of carbonyl (C=O) groups is 1. The van der Waals surface area contributed by atoms with Crippen LogP contribution in [0.15, 0.2) is 47.7 Å². The molecule has 0 spiro atoms. The van der Waals surface area contributed by atoms with Gasteiger partial charge in [0.05, 0.1) is 11.2 Å². The number of aromatic carboxylic acids is 1. The van der Waals surface area contributed by atoms with Crippen LogP contribution in [0.25, 0.3) is 16.6 Å². The lowest BCUT2D eigenvalue weighted by atomic mass is 10.1. The summed E-state index contributed by atoms with van der Waals surface area (Å²) >= 11 is 0. The fraction of sp³-hybridized carbons (Fsp3) is 0.263. The van der Waals surface area contributed by atoms with Crippen molar-refractivity contribution in [2.75, 3.05) is 0 Å². The summed E-state index contributed by atoms with van der Waals surface area (Å²) < 4.78 is 17.8. The van der Waals surface area contributed by atoms with Gasteiger partial charge in [-0.1, -0.05) is 13.8 Å². The van der Waals surface area contributed by atoms with E-state index in [4.69, 9.17) is 0 Å². The van der Waals surface area contributed by atoms with E-state index in [-0.39, 0.29) is 17.0 Å². The fourth-order valence-electron chi connectivity index (χ4n) is 2.86. The minimum Gasteiger partial charge on any atom is -0.477 e. The molecule has 0 radical (unpaired) electrons. The van der Waals surface area contributed by atoms with E-state index in [9.17, 15) is 19.1 Å². The summed E-state index contributed by atoms with van der Waals surface area (Å²) in [6.45, 7) is 4.00. The fourth-order valence-corrected chi connectivity index (χ4v) is 2.86. The Morgan fingerprint density at radius 3 is 2.40 bits per heavy atom. The van der Waals surface area contributed by atoms with Crippen LogP contribution >= 0.6 is 0 Å². The van der Waals surface area contributed by atoms with Crippen LogP contribution in [-0.2, 0) is 0 Å². The summed E-state index contributed by atoms with van der Waals surface area (Å²) in [7, 11) is 0. The molecule has 2 heterocycles. The van der Waals surface area contributed by atoms with E-state index in [0.717, 1.165) is 18.9 Å². The van der Waals surface area contributed by atoms with Crippen molar-refractivity contribution in [1.82, 2.24) is 9.13 Å².